The number of fused-ring (bicyclic) bond motifs is 1. The van der Waals surface area contributed by atoms with Gasteiger partial charge in [-0.3, -0.25) is 0 Å². The molecule has 0 amide bonds. The van der Waals surface area contributed by atoms with Crippen LogP contribution in [-0.2, 0) is 6.54 Å². The number of hydrogen-bond acceptors (Lipinski definition) is 2. The van der Waals surface area contributed by atoms with Crippen molar-refractivity contribution in [3.05, 3.63) is 46.5 Å². The van der Waals surface area contributed by atoms with Crippen molar-refractivity contribution in [1.29, 1.82) is 0 Å². The summed E-state index contributed by atoms with van der Waals surface area (Å²) in [6.45, 7) is 7.61. The van der Waals surface area contributed by atoms with Crippen LogP contribution in [0.25, 0.3) is 21.3 Å². The Balaban J connectivity index is 1.42. The lowest BCUT2D eigenvalue weighted by Gasteiger charge is -2.42. The van der Waals surface area contributed by atoms with Gasteiger partial charge in [-0.25, -0.2) is 0 Å². The van der Waals surface area contributed by atoms with Gasteiger partial charge in [0.1, 0.15) is 0 Å². The Hall–Kier alpha value is -1.97. The number of azide groups is 1. The summed E-state index contributed by atoms with van der Waals surface area (Å²) < 4.78 is 2.45. The molecule has 5 nitrogen and oxygen atoms in total. The fraction of sp³-hybridized carbons (Fsp3) is 0.652. The van der Waals surface area contributed by atoms with E-state index in [2.05, 4.69) is 63.8 Å². The first-order chi connectivity index (χ1) is 13.7. The van der Waals surface area contributed by atoms with E-state index in [4.69, 9.17) is 5.53 Å². The summed E-state index contributed by atoms with van der Waals surface area (Å²) in [5, 5.41) is 5.03. The van der Waals surface area contributed by atoms with E-state index >= 15 is 0 Å². The van der Waals surface area contributed by atoms with Gasteiger partial charge in [-0.2, -0.15) is 0 Å². The molecule has 0 N–H and O–H groups in total. The van der Waals surface area contributed by atoms with Crippen molar-refractivity contribution in [2.45, 2.75) is 71.0 Å². The maximum atomic E-state index is 8.70. The van der Waals surface area contributed by atoms with E-state index in [9.17, 15) is 0 Å². The molecule has 0 spiro atoms. The molecule has 2 aromatic rings. The van der Waals surface area contributed by atoms with Crippen LogP contribution in [0.4, 0.5) is 0 Å². The van der Waals surface area contributed by atoms with Crippen LogP contribution in [0.2, 0.25) is 0 Å². The Morgan fingerprint density at radius 3 is 2.43 bits per heavy atom. The first-order valence-electron chi connectivity index (χ1n) is 11.0. The predicted octanol–water partition coefficient (Wildman–Crippen LogP) is 6.30. The van der Waals surface area contributed by atoms with Crippen molar-refractivity contribution in [1.82, 2.24) is 9.47 Å². The number of rotatable bonds is 5. The monoisotopic (exact) mass is 379 g/mol. The lowest BCUT2D eigenvalue weighted by molar-refractivity contribution is 0.0894. The van der Waals surface area contributed by atoms with E-state index < -0.39 is 0 Å². The van der Waals surface area contributed by atoms with Crippen LogP contribution in [0.3, 0.4) is 0 Å². The molecule has 2 fully saturated rings. The van der Waals surface area contributed by atoms with Crippen LogP contribution in [0.5, 0.6) is 0 Å². The van der Waals surface area contributed by atoms with Crippen molar-refractivity contribution < 1.29 is 0 Å². The maximum Gasteiger partial charge on any atom is 0.0532 e. The largest absolute Gasteiger partial charge is 0.344 e. The van der Waals surface area contributed by atoms with Gasteiger partial charge in [-0.15, -0.1) is 0 Å². The zero-order valence-corrected chi connectivity index (χ0v) is 17.3. The lowest BCUT2D eigenvalue weighted by Crippen LogP contribution is -2.43. The van der Waals surface area contributed by atoms with E-state index in [0.29, 0.717) is 12.6 Å². The van der Waals surface area contributed by atoms with Gasteiger partial charge in [0.05, 0.1) is 6.54 Å². The molecule has 2 aliphatic rings. The van der Waals surface area contributed by atoms with Gasteiger partial charge < -0.3 is 9.47 Å². The van der Waals surface area contributed by atoms with Crippen LogP contribution < -0.4 is 0 Å². The van der Waals surface area contributed by atoms with Gasteiger partial charge in [-0.1, -0.05) is 37.2 Å². The second-order valence-electron chi connectivity index (χ2n) is 9.05. The van der Waals surface area contributed by atoms with E-state index in [1.54, 1.807) is 0 Å². The predicted molar refractivity (Wildman–Crippen MR) is 115 cm³/mol. The minimum absolute atomic E-state index is 0.432. The highest BCUT2D eigenvalue weighted by molar-refractivity contribution is 5.84. The zero-order chi connectivity index (χ0) is 19.5. The summed E-state index contributed by atoms with van der Waals surface area (Å²) in [6.07, 6.45) is 10.2. The maximum absolute atomic E-state index is 8.70. The van der Waals surface area contributed by atoms with Crippen molar-refractivity contribution in [2.75, 3.05) is 13.1 Å². The molecule has 150 valence electrons. The number of likely N-dealkylation sites (tertiary alicyclic amines) is 1. The number of nitrogens with zero attached hydrogens (tertiary/aromatic N) is 5. The molecule has 5 heteroatoms. The van der Waals surface area contributed by atoms with Crippen LogP contribution in [0, 0.1) is 11.8 Å². The van der Waals surface area contributed by atoms with Crippen molar-refractivity contribution in [2.24, 2.45) is 17.0 Å². The minimum atomic E-state index is 0.432. The number of aromatic nitrogens is 1. The first-order valence-corrected chi connectivity index (χ1v) is 11.0. The molecule has 2 heterocycles. The van der Waals surface area contributed by atoms with E-state index in [1.165, 1.54) is 62.5 Å². The van der Waals surface area contributed by atoms with Gasteiger partial charge in [0.2, 0.25) is 0 Å². The fourth-order valence-electron chi connectivity index (χ4n) is 5.48. The van der Waals surface area contributed by atoms with Crippen molar-refractivity contribution in [3.8, 4) is 0 Å². The Bertz CT molecular complexity index is 832. The molecule has 1 aromatic heterocycles. The molecule has 1 saturated heterocycles. The summed E-state index contributed by atoms with van der Waals surface area (Å²) in [5.74, 6) is 1.78. The third-order valence-corrected chi connectivity index (χ3v) is 7.22. The third-order valence-electron chi connectivity index (χ3n) is 7.22. The number of piperidine rings is 1. The average molecular weight is 380 g/mol. The second kappa shape index (κ2) is 8.59. The topological polar surface area (TPSA) is 56.9 Å². The molecule has 0 bridgehead atoms. The van der Waals surface area contributed by atoms with E-state index in [1.807, 2.05) is 0 Å². The van der Waals surface area contributed by atoms with Crippen molar-refractivity contribution >= 4 is 10.9 Å². The molecular formula is C23H33N5. The van der Waals surface area contributed by atoms with Gasteiger partial charge >= 0.3 is 0 Å². The van der Waals surface area contributed by atoms with Crippen LogP contribution >= 0.6 is 0 Å². The molecule has 0 unspecified atom stereocenters. The molecule has 4 rings (SSSR count). The summed E-state index contributed by atoms with van der Waals surface area (Å²) in [6, 6.07) is 9.89. The van der Waals surface area contributed by atoms with Gasteiger partial charge in [0, 0.05) is 47.2 Å². The summed E-state index contributed by atoms with van der Waals surface area (Å²) in [7, 11) is 0. The molecule has 1 aromatic carbocycles. The minimum Gasteiger partial charge on any atom is -0.344 e. The molecule has 0 atom stereocenters. The van der Waals surface area contributed by atoms with Gasteiger partial charge in [0.25, 0.3) is 0 Å². The normalized spacial score (nSPS) is 24.5. The van der Waals surface area contributed by atoms with E-state index in [0.717, 1.165) is 23.4 Å². The van der Waals surface area contributed by atoms with Gasteiger partial charge in [0.15, 0.2) is 0 Å². The van der Waals surface area contributed by atoms with Crippen LogP contribution in [-0.4, -0.2) is 28.6 Å². The van der Waals surface area contributed by atoms with Gasteiger partial charge in [-0.05, 0) is 67.5 Å². The average Bonchev–Trinajstić information content (AvgIpc) is 3.11. The fourth-order valence-corrected chi connectivity index (χ4v) is 5.48. The zero-order valence-electron chi connectivity index (χ0n) is 17.3. The highest BCUT2D eigenvalue weighted by Gasteiger charge is 2.30. The second-order valence-corrected chi connectivity index (χ2v) is 9.05. The molecule has 1 saturated carbocycles. The Kier molecular flexibility index (Phi) is 5.93. The highest BCUT2D eigenvalue weighted by atomic mass is 15.2. The quantitative estimate of drug-likeness (QED) is 0.341. The lowest BCUT2D eigenvalue weighted by atomic mass is 9.79. The molecule has 1 aliphatic carbocycles. The third kappa shape index (κ3) is 3.92. The first kappa shape index (κ1) is 19.4. The number of hydrogen-bond donors (Lipinski definition) is 0. The smallest absolute Gasteiger partial charge is 0.0532 e. The summed E-state index contributed by atoms with van der Waals surface area (Å²) in [5.41, 5.74) is 11.1. The summed E-state index contributed by atoms with van der Waals surface area (Å²) in [4.78, 5) is 5.71. The Labute approximate surface area is 168 Å². The number of para-hydroxylation sites is 1. The molecule has 1 aliphatic heterocycles. The Morgan fingerprint density at radius 2 is 1.75 bits per heavy atom. The van der Waals surface area contributed by atoms with Crippen molar-refractivity contribution in [3.63, 3.8) is 0 Å². The SMILES string of the molecule is CC(C)[C@H]1CC[C@@H](N2CCC(n3cc(CN=[N+]=[N-])c4ccccc43)CC2)CC1. The van der Waals surface area contributed by atoms with Crippen LogP contribution in [0.15, 0.2) is 35.6 Å². The Morgan fingerprint density at radius 1 is 1.04 bits per heavy atom. The molecule has 28 heavy (non-hydrogen) atoms. The van der Waals surface area contributed by atoms with Crippen LogP contribution in [0.1, 0.15) is 64.0 Å². The standard InChI is InChI=1S/C23H33N5/c1-17(2)18-7-9-20(10-8-18)27-13-11-21(12-14-27)28-16-19(15-25-26-24)22-5-3-4-6-23(22)28/h3-6,16-18,20-21H,7-15H2,1-2H3/t18-,20+. The highest BCUT2D eigenvalue weighted by Crippen LogP contribution is 2.36. The summed E-state index contributed by atoms with van der Waals surface area (Å²) >= 11 is 0. The number of benzene rings is 1. The van der Waals surface area contributed by atoms with E-state index in [-0.39, 0.29) is 0 Å². The molecule has 0 radical (unpaired) electrons. The molecular weight excluding hydrogens is 346 g/mol.